The second-order valence-corrected chi connectivity index (χ2v) is 9.05. The molecule has 1 aliphatic heterocycles. The van der Waals surface area contributed by atoms with E-state index < -0.39 is 5.97 Å². The van der Waals surface area contributed by atoms with E-state index in [0.29, 0.717) is 22.8 Å². The monoisotopic (exact) mass is 368 g/mol. The Morgan fingerprint density at radius 1 is 1.37 bits per heavy atom. The molecule has 0 aromatic heterocycles. The van der Waals surface area contributed by atoms with Gasteiger partial charge < -0.3 is 14.9 Å². The summed E-state index contributed by atoms with van der Waals surface area (Å²) in [6.07, 6.45) is 6.29. The van der Waals surface area contributed by atoms with Crippen LogP contribution in [0, 0.1) is 18.3 Å². The van der Waals surface area contributed by atoms with Crippen molar-refractivity contribution < 1.29 is 19.7 Å². The molecule has 0 radical (unpaired) electrons. The van der Waals surface area contributed by atoms with Gasteiger partial charge in [-0.25, -0.2) is 4.79 Å². The lowest BCUT2D eigenvalue weighted by molar-refractivity contribution is 0.0692. The summed E-state index contributed by atoms with van der Waals surface area (Å²) in [6.45, 7) is 10.3. The van der Waals surface area contributed by atoms with Gasteiger partial charge in [0.25, 0.3) is 0 Å². The lowest BCUT2D eigenvalue weighted by Crippen LogP contribution is -2.48. The highest BCUT2D eigenvalue weighted by molar-refractivity contribution is 5.99. The lowest BCUT2D eigenvalue weighted by Gasteiger charge is -2.54. The molecule has 4 nitrogen and oxygen atoms in total. The molecule has 2 aliphatic carbocycles. The fourth-order valence-corrected chi connectivity index (χ4v) is 5.64. The minimum Gasteiger partial charge on any atom is -0.506 e. The molecule has 144 valence electrons. The fraction of sp³-hybridized carbons (Fsp3) is 0.522. The molecule has 4 rings (SSSR count). The number of benzene rings is 1. The molecule has 3 aliphatic rings. The molecule has 0 spiro atoms. The zero-order chi connectivity index (χ0) is 19.7. The van der Waals surface area contributed by atoms with Crippen molar-refractivity contribution in [3.63, 3.8) is 0 Å². The summed E-state index contributed by atoms with van der Waals surface area (Å²) >= 11 is 0. The summed E-state index contributed by atoms with van der Waals surface area (Å²) in [5.41, 5.74) is 4.48. The van der Waals surface area contributed by atoms with E-state index in [4.69, 9.17) is 4.74 Å². The van der Waals surface area contributed by atoms with Gasteiger partial charge in [0.2, 0.25) is 0 Å². The Labute approximate surface area is 160 Å². The summed E-state index contributed by atoms with van der Waals surface area (Å²) in [4.78, 5) is 11.7. The molecule has 0 bridgehead atoms. The minimum atomic E-state index is -1.10. The van der Waals surface area contributed by atoms with Crippen molar-refractivity contribution in [3.05, 3.63) is 40.0 Å². The number of fused-ring (bicyclic) bond motifs is 2. The molecule has 2 N–H and O–H groups in total. The number of carboxylic acids is 1. The molecule has 4 heteroatoms. The first-order valence-electron chi connectivity index (χ1n) is 9.78. The average molecular weight is 368 g/mol. The molecule has 27 heavy (non-hydrogen) atoms. The van der Waals surface area contributed by atoms with E-state index in [1.54, 1.807) is 13.0 Å². The van der Waals surface area contributed by atoms with E-state index >= 15 is 0 Å². The van der Waals surface area contributed by atoms with E-state index in [9.17, 15) is 15.0 Å². The minimum absolute atomic E-state index is 0.0119. The van der Waals surface area contributed by atoms with Crippen molar-refractivity contribution in [2.24, 2.45) is 11.3 Å². The normalized spacial score (nSPS) is 30.2. The Morgan fingerprint density at radius 3 is 2.70 bits per heavy atom. The first-order chi connectivity index (χ1) is 12.6. The highest BCUT2D eigenvalue weighted by atomic mass is 16.5. The third-order valence-corrected chi connectivity index (χ3v) is 6.92. The van der Waals surface area contributed by atoms with Crippen LogP contribution in [0.25, 0.3) is 5.57 Å². The number of carboxylic acid groups (broad SMARTS) is 1. The number of aryl methyl sites for hydroxylation is 1. The van der Waals surface area contributed by atoms with E-state index in [2.05, 4.69) is 33.8 Å². The predicted molar refractivity (Wildman–Crippen MR) is 105 cm³/mol. The van der Waals surface area contributed by atoms with Crippen LogP contribution in [0.1, 0.15) is 74.9 Å². The van der Waals surface area contributed by atoms with Crippen LogP contribution in [0.3, 0.4) is 0 Å². The van der Waals surface area contributed by atoms with Crippen LogP contribution < -0.4 is 4.74 Å². The van der Waals surface area contributed by atoms with Crippen molar-refractivity contribution in [1.82, 2.24) is 0 Å². The van der Waals surface area contributed by atoms with Crippen molar-refractivity contribution in [1.29, 1.82) is 0 Å². The third-order valence-electron chi connectivity index (χ3n) is 6.92. The predicted octanol–water partition coefficient (Wildman–Crippen LogP) is 5.48. The van der Waals surface area contributed by atoms with Gasteiger partial charge >= 0.3 is 5.97 Å². The second kappa shape index (κ2) is 5.63. The number of aromatic carboxylic acids is 1. The number of aromatic hydroxyl groups is 1. The van der Waals surface area contributed by atoms with E-state index in [1.165, 1.54) is 11.1 Å². The van der Waals surface area contributed by atoms with Crippen LogP contribution in [0.15, 0.2) is 23.3 Å². The van der Waals surface area contributed by atoms with Gasteiger partial charge in [-0.15, -0.1) is 0 Å². The summed E-state index contributed by atoms with van der Waals surface area (Å²) < 4.78 is 6.35. The first-order valence-corrected chi connectivity index (χ1v) is 9.78. The van der Waals surface area contributed by atoms with Crippen LogP contribution in [-0.4, -0.2) is 21.8 Å². The number of hydrogen-bond donors (Lipinski definition) is 2. The first kappa shape index (κ1) is 18.1. The zero-order valence-electron chi connectivity index (χ0n) is 16.8. The van der Waals surface area contributed by atoms with Crippen LogP contribution in [0.4, 0.5) is 0 Å². The number of ether oxygens (including phenoxy) is 1. The number of allylic oxidation sites excluding steroid dienone is 3. The molecular formula is C23H28O4. The van der Waals surface area contributed by atoms with E-state index in [-0.39, 0.29) is 22.3 Å². The van der Waals surface area contributed by atoms with Crippen molar-refractivity contribution in [2.45, 2.75) is 65.9 Å². The summed E-state index contributed by atoms with van der Waals surface area (Å²) in [5, 5.41) is 20.5. The topological polar surface area (TPSA) is 66.8 Å². The Morgan fingerprint density at radius 2 is 2.07 bits per heavy atom. The molecule has 0 unspecified atom stereocenters. The van der Waals surface area contributed by atoms with Gasteiger partial charge in [0.1, 0.15) is 22.7 Å². The van der Waals surface area contributed by atoms with Crippen molar-refractivity contribution in [2.75, 3.05) is 0 Å². The zero-order valence-corrected chi connectivity index (χ0v) is 16.8. The second-order valence-electron chi connectivity index (χ2n) is 9.05. The summed E-state index contributed by atoms with van der Waals surface area (Å²) in [7, 11) is 0. The number of rotatable bonds is 4. The van der Waals surface area contributed by atoms with Gasteiger partial charge in [0.05, 0.1) is 5.56 Å². The van der Waals surface area contributed by atoms with Gasteiger partial charge in [-0.3, -0.25) is 0 Å². The van der Waals surface area contributed by atoms with Crippen LogP contribution >= 0.6 is 0 Å². The molecule has 1 aromatic rings. The molecule has 1 aromatic carbocycles. The maximum absolute atomic E-state index is 11.7. The van der Waals surface area contributed by atoms with Gasteiger partial charge in [0, 0.05) is 5.41 Å². The van der Waals surface area contributed by atoms with Crippen LogP contribution in [-0.2, 0) is 0 Å². The fourth-order valence-electron chi connectivity index (χ4n) is 5.64. The molecule has 1 saturated carbocycles. The number of carbonyl (C=O) groups is 1. The van der Waals surface area contributed by atoms with Crippen LogP contribution in [0.5, 0.6) is 11.5 Å². The largest absolute Gasteiger partial charge is 0.506 e. The SMILES string of the molecule is CC(C)=CCC[C@@]1(C)C2=C3[C@H]1CC[C@]3(C)Oc1cc(C)c(C(=O)O)c(O)c12. The Hall–Kier alpha value is -2.23. The molecule has 0 saturated heterocycles. The number of hydrogen-bond acceptors (Lipinski definition) is 3. The molecule has 1 heterocycles. The Balaban J connectivity index is 1.90. The van der Waals surface area contributed by atoms with Crippen LogP contribution in [0.2, 0.25) is 0 Å². The molecule has 3 atom stereocenters. The lowest BCUT2D eigenvalue weighted by atomic mass is 9.52. The molecule has 0 amide bonds. The van der Waals surface area contributed by atoms with E-state index in [1.807, 2.05) is 0 Å². The highest BCUT2D eigenvalue weighted by Crippen LogP contribution is 2.71. The molecular weight excluding hydrogens is 340 g/mol. The van der Waals surface area contributed by atoms with Gasteiger partial charge in [-0.2, -0.15) is 0 Å². The average Bonchev–Trinajstić information content (AvgIpc) is 2.87. The maximum Gasteiger partial charge on any atom is 0.339 e. The van der Waals surface area contributed by atoms with E-state index in [0.717, 1.165) is 31.3 Å². The third kappa shape index (κ3) is 2.31. The summed E-state index contributed by atoms with van der Waals surface area (Å²) in [6, 6.07) is 1.79. The Bertz CT molecular complexity index is 919. The smallest absolute Gasteiger partial charge is 0.339 e. The molecule has 1 fully saturated rings. The Kier molecular flexibility index (Phi) is 3.79. The quantitative estimate of drug-likeness (QED) is 0.691. The van der Waals surface area contributed by atoms with Gasteiger partial charge in [0.15, 0.2) is 0 Å². The number of phenols is 1. The highest BCUT2D eigenvalue weighted by Gasteiger charge is 2.63. The van der Waals surface area contributed by atoms with Crippen molar-refractivity contribution >= 4 is 11.5 Å². The maximum atomic E-state index is 11.7. The van der Waals surface area contributed by atoms with Gasteiger partial charge in [-0.05, 0) is 82.1 Å². The summed E-state index contributed by atoms with van der Waals surface area (Å²) in [5.74, 6) is -0.156. The van der Waals surface area contributed by atoms with Crippen molar-refractivity contribution in [3.8, 4) is 11.5 Å². The standard InChI is InChI=1S/C23H28O4/c1-12(2)7-6-9-22(4)14-8-10-23(5)18(14)19(22)17-15(27-23)11-13(3)16(20(17)24)21(25)26/h7,11,14,24H,6,8-10H2,1-5H3,(H,25,26)/t14-,22-,23+/m1/s1. The van der Waals surface area contributed by atoms with Gasteiger partial charge in [-0.1, -0.05) is 18.6 Å².